The molecule has 3 aromatic rings. The van der Waals surface area contributed by atoms with Gasteiger partial charge in [-0.05, 0) is 50.2 Å². The van der Waals surface area contributed by atoms with Gasteiger partial charge in [-0.1, -0.05) is 23.7 Å². The molecule has 3 rings (SSSR count). The summed E-state index contributed by atoms with van der Waals surface area (Å²) in [5, 5.41) is 8.61. The third-order valence-corrected chi connectivity index (χ3v) is 4.10. The predicted octanol–water partition coefficient (Wildman–Crippen LogP) is 4.58. The third kappa shape index (κ3) is 3.91. The number of halogens is 2. The maximum Gasteiger partial charge on any atom is 0.257 e. The molecule has 5 nitrogen and oxygen atoms in total. The zero-order valence-corrected chi connectivity index (χ0v) is 15.1. The van der Waals surface area contributed by atoms with Gasteiger partial charge in [0.1, 0.15) is 5.82 Å². The molecule has 0 spiro atoms. The van der Waals surface area contributed by atoms with E-state index in [1.165, 1.54) is 17.0 Å². The first-order chi connectivity index (χ1) is 12.5. The molecule has 134 valence electrons. The largest absolute Gasteiger partial charge is 0.419 e. The van der Waals surface area contributed by atoms with Gasteiger partial charge in [0.15, 0.2) is 0 Å². The molecule has 0 bridgehead atoms. The number of carbonyl (C=O) groups is 1. The summed E-state index contributed by atoms with van der Waals surface area (Å²) in [6, 6.07) is 12.7. The molecule has 1 heterocycles. The molecule has 26 heavy (non-hydrogen) atoms. The van der Waals surface area contributed by atoms with E-state index in [0.717, 1.165) is 5.56 Å². The second-order valence-electron chi connectivity index (χ2n) is 6.01. The van der Waals surface area contributed by atoms with Crippen LogP contribution in [-0.2, 0) is 6.54 Å². The van der Waals surface area contributed by atoms with Crippen molar-refractivity contribution >= 4 is 17.5 Å². The zero-order valence-electron chi connectivity index (χ0n) is 14.3. The van der Waals surface area contributed by atoms with Gasteiger partial charge in [-0.15, -0.1) is 10.2 Å². The number of nitrogens with zero attached hydrogens (tertiary/aromatic N) is 3. The molecule has 0 fully saturated rings. The summed E-state index contributed by atoms with van der Waals surface area (Å²) in [5.74, 6) is -0.382. The van der Waals surface area contributed by atoms with Crippen LogP contribution in [-0.4, -0.2) is 27.0 Å². The molecule has 0 atom stereocenters. The minimum Gasteiger partial charge on any atom is -0.419 e. The number of hydrogen-bond donors (Lipinski definition) is 0. The number of amides is 1. The van der Waals surface area contributed by atoms with Gasteiger partial charge in [0.25, 0.3) is 5.91 Å². The molecule has 1 aromatic heterocycles. The molecule has 0 aliphatic heterocycles. The van der Waals surface area contributed by atoms with E-state index in [1.807, 2.05) is 13.8 Å². The van der Waals surface area contributed by atoms with Gasteiger partial charge >= 0.3 is 0 Å². The molecule has 0 saturated heterocycles. The molecule has 2 aromatic carbocycles. The van der Waals surface area contributed by atoms with Crippen LogP contribution in [0.15, 0.2) is 52.9 Å². The molecule has 0 N–H and O–H groups in total. The summed E-state index contributed by atoms with van der Waals surface area (Å²) in [5.41, 5.74) is 0.739. The first-order valence-electron chi connectivity index (χ1n) is 8.09. The van der Waals surface area contributed by atoms with E-state index >= 15 is 0 Å². The van der Waals surface area contributed by atoms with Crippen LogP contribution < -0.4 is 0 Å². The summed E-state index contributed by atoms with van der Waals surface area (Å²) in [6.45, 7) is 3.77. The number of carbonyl (C=O) groups excluding carboxylic acids is 1. The Hall–Kier alpha value is -2.73. The van der Waals surface area contributed by atoms with Crippen LogP contribution in [0.2, 0.25) is 5.02 Å². The van der Waals surface area contributed by atoms with E-state index < -0.39 is 11.7 Å². The van der Waals surface area contributed by atoms with Crippen molar-refractivity contribution in [2.45, 2.75) is 26.4 Å². The van der Waals surface area contributed by atoms with Crippen molar-refractivity contribution in [3.63, 3.8) is 0 Å². The van der Waals surface area contributed by atoms with Crippen LogP contribution in [0.25, 0.3) is 11.5 Å². The fourth-order valence-electron chi connectivity index (χ4n) is 2.45. The topological polar surface area (TPSA) is 59.2 Å². The molecule has 7 heteroatoms. The average Bonchev–Trinajstić information content (AvgIpc) is 3.08. The Morgan fingerprint density at radius 2 is 1.85 bits per heavy atom. The van der Waals surface area contributed by atoms with E-state index in [1.54, 1.807) is 36.4 Å². The zero-order chi connectivity index (χ0) is 18.7. The lowest BCUT2D eigenvalue weighted by atomic mass is 10.1. The standard InChI is InChI=1S/C19H17ClFN3O2/c1-12(2)24(19(25)15-5-3-4-6-16(15)21)11-17-22-23-18(26-17)13-7-9-14(20)10-8-13/h3-10,12H,11H2,1-2H3. The number of rotatable bonds is 5. The van der Waals surface area contributed by atoms with Crippen LogP contribution in [0.5, 0.6) is 0 Å². The quantitative estimate of drug-likeness (QED) is 0.656. The highest BCUT2D eigenvalue weighted by Crippen LogP contribution is 2.22. The lowest BCUT2D eigenvalue weighted by molar-refractivity contribution is 0.0667. The second-order valence-corrected chi connectivity index (χ2v) is 6.45. The van der Waals surface area contributed by atoms with Crippen molar-refractivity contribution in [1.82, 2.24) is 15.1 Å². The Morgan fingerprint density at radius 3 is 2.50 bits per heavy atom. The summed E-state index contributed by atoms with van der Waals surface area (Å²) in [6.07, 6.45) is 0. The number of hydrogen-bond acceptors (Lipinski definition) is 4. The maximum atomic E-state index is 14.0. The van der Waals surface area contributed by atoms with E-state index in [4.69, 9.17) is 16.0 Å². The third-order valence-electron chi connectivity index (χ3n) is 3.85. The molecule has 0 aliphatic carbocycles. The molecule has 1 amide bonds. The first-order valence-corrected chi connectivity index (χ1v) is 8.47. The predicted molar refractivity (Wildman–Crippen MR) is 96.2 cm³/mol. The van der Waals surface area contributed by atoms with Gasteiger partial charge in [-0.3, -0.25) is 4.79 Å². The van der Waals surface area contributed by atoms with E-state index in [-0.39, 0.29) is 24.0 Å². The fraction of sp³-hybridized carbons (Fsp3) is 0.211. The van der Waals surface area contributed by atoms with Crippen molar-refractivity contribution in [1.29, 1.82) is 0 Å². The van der Waals surface area contributed by atoms with Crippen molar-refractivity contribution < 1.29 is 13.6 Å². The van der Waals surface area contributed by atoms with Gasteiger partial charge in [0.2, 0.25) is 11.8 Å². The Bertz CT molecular complexity index is 909. The Balaban J connectivity index is 1.82. The van der Waals surface area contributed by atoms with Gasteiger partial charge in [-0.25, -0.2) is 4.39 Å². The van der Waals surface area contributed by atoms with E-state index in [2.05, 4.69) is 10.2 Å². The summed E-state index contributed by atoms with van der Waals surface area (Å²) >= 11 is 5.87. The minimum absolute atomic E-state index is 0.0126. The number of benzene rings is 2. The smallest absolute Gasteiger partial charge is 0.257 e. The highest BCUT2D eigenvalue weighted by atomic mass is 35.5. The normalized spacial score (nSPS) is 11.0. The summed E-state index contributed by atoms with van der Waals surface area (Å²) < 4.78 is 19.6. The van der Waals surface area contributed by atoms with Gasteiger partial charge in [0, 0.05) is 16.6 Å². The van der Waals surface area contributed by atoms with Gasteiger partial charge in [0.05, 0.1) is 12.1 Å². The van der Waals surface area contributed by atoms with E-state index in [9.17, 15) is 9.18 Å². The Morgan fingerprint density at radius 1 is 1.15 bits per heavy atom. The van der Waals surface area contributed by atoms with Gasteiger partial charge in [-0.2, -0.15) is 0 Å². The average molecular weight is 374 g/mol. The van der Waals surface area contributed by atoms with Gasteiger partial charge < -0.3 is 9.32 Å². The first kappa shape index (κ1) is 18.1. The van der Waals surface area contributed by atoms with Crippen LogP contribution in [0, 0.1) is 5.82 Å². The molecule has 0 aliphatic rings. The van der Waals surface area contributed by atoms with Crippen molar-refractivity contribution in [2.75, 3.05) is 0 Å². The van der Waals surface area contributed by atoms with Crippen molar-refractivity contribution in [3.8, 4) is 11.5 Å². The van der Waals surface area contributed by atoms with Crippen LogP contribution in [0.1, 0.15) is 30.1 Å². The monoisotopic (exact) mass is 373 g/mol. The van der Waals surface area contributed by atoms with Crippen molar-refractivity contribution in [2.24, 2.45) is 0 Å². The summed E-state index contributed by atoms with van der Waals surface area (Å²) in [7, 11) is 0. The van der Waals surface area contributed by atoms with Crippen LogP contribution in [0.3, 0.4) is 0 Å². The minimum atomic E-state index is -0.560. The van der Waals surface area contributed by atoms with Crippen molar-refractivity contribution in [3.05, 3.63) is 70.8 Å². The maximum absolute atomic E-state index is 14.0. The SMILES string of the molecule is CC(C)N(Cc1nnc(-c2ccc(Cl)cc2)o1)C(=O)c1ccccc1F. The highest BCUT2D eigenvalue weighted by molar-refractivity contribution is 6.30. The molecular formula is C19H17ClFN3O2. The lowest BCUT2D eigenvalue weighted by Gasteiger charge is -2.25. The Labute approximate surface area is 155 Å². The lowest BCUT2D eigenvalue weighted by Crippen LogP contribution is -2.37. The highest BCUT2D eigenvalue weighted by Gasteiger charge is 2.24. The van der Waals surface area contributed by atoms with E-state index in [0.29, 0.717) is 10.9 Å². The molecular weight excluding hydrogens is 357 g/mol. The summed E-state index contributed by atoms with van der Waals surface area (Å²) in [4.78, 5) is 14.2. The Kier molecular flexibility index (Phi) is 5.32. The number of aromatic nitrogens is 2. The van der Waals surface area contributed by atoms with Crippen LogP contribution >= 0.6 is 11.6 Å². The fourth-order valence-corrected chi connectivity index (χ4v) is 2.58. The molecule has 0 radical (unpaired) electrons. The molecule has 0 saturated carbocycles. The molecule has 0 unspecified atom stereocenters. The second kappa shape index (κ2) is 7.66. The van der Waals surface area contributed by atoms with Crippen LogP contribution in [0.4, 0.5) is 4.39 Å².